The molecule has 1 aliphatic heterocycles. The Labute approximate surface area is 183 Å². The molecule has 0 fully saturated rings. The third-order valence-corrected chi connectivity index (χ3v) is 5.50. The number of ether oxygens (including phenoxy) is 2. The van der Waals surface area contributed by atoms with Crippen LogP contribution >= 0.6 is 0 Å². The largest absolute Gasteiger partial charge is 0.493 e. The van der Waals surface area contributed by atoms with Gasteiger partial charge < -0.3 is 14.6 Å². The molecule has 32 heavy (non-hydrogen) atoms. The number of benzene rings is 2. The fourth-order valence-corrected chi connectivity index (χ4v) is 4.06. The number of aromatic nitrogens is 1. The number of carboxylic acid groups (broad SMARTS) is 1. The molecule has 0 atom stereocenters. The number of carboxylic acids is 1. The van der Waals surface area contributed by atoms with E-state index in [4.69, 9.17) is 14.5 Å². The Morgan fingerprint density at radius 3 is 2.69 bits per heavy atom. The lowest BCUT2D eigenvalue weighted by molar-refractivity contribution is -0.0513. The van der Waals surface area contributed by atoms with Crippen molar-refractivity contribution in [1.82, 2.24) is 9.88 Å². The Balaban J connectivity index is 1.97. The second-order valence-corrected chi connectivity index (χ2v) is 7.37. The highest BCUT2D eigenvalue weighted by Crippen LogP contribution is 2.38. The van der Waals surface area contributed by atoms with Gasteiger partial charge in [0.05, 0.1) is 23.9 Å². The Hall–Kier alpha value is -3.52. The number of methoxy groups -OCH3 is 1. The lowest BCUT2D eigenvalue weighted by atomic mass is 9.92. The molecule has 0 aliphatic carbocycles. The zero-order chi connectivity index (χ0) is 22.8. The molecule has 0 unspecified atom stereocenters. The van der Waals surface area contributed by atoms with E-state index in [1.54, 1.807) is 48.5 Å². The molecule has 0 saturated heterocycles. The van der Waals surface area contributed by atoms with Crippen LogP contribution in [0.2, 0.25) is 0 Å². The average Bonchev–Trinajstić information content (AvgIpc) is 2.78. The highest BCUT2D eigenvalue weighted by atomic mass is 19.3. The molecule has 1 aromatic heterocycles. The van der Waals surface area contributed by atoms with Crippen molar-refractivity contribution in [1.29, 1.82) is 0 Å². The Morgan fingerprint density at radius 1 is 1.22 bits per heavy atom. The quantitative estimate of drug-likeness (QED) is 0.587. The topological polar surface area (TPSA) is 71.9 Å². The summed E-state index contributed by atoms with van der Waals surface area (Å²) in [6, 6.07) is 12.0. The number of nitrogens with zero attached hydrogens (tertiary/aromatic N) is 2. The van der Waals surface area contributed by atoms with Crippen LogP contribution in [0, 0.1) is 0 Å². The number of aromatic carboxylic acids is 1. The van der Waals surface area contributed by atoms with E-state index >= 15 is 0 Å². The molecule has 0 amide bonds. The summed E-state index contributed by atoms with van der Waals surface area (Å²) in [6.07, 6.45) is 1.72. The highest BCUT2D eigenvalue weighted by Gasteiger charge is 2.28. The number of halogens is 2. The van der Waals surface area contributed by atoms with Gasteiger partial charge in [0, 0.05) is 29.6 Å². The highest BCUT2D eigenvalue weighted by molar-refractivity contribution is 6.06. The number of hydrogen-bond acceptors (Lipinski definition) is 5. The number of fused-ring (bicyclic) bond motifs is 2. The smallest absolute Gasteiger partial charge is 0.387 e. The number of rotatable bonds is 6. The SMILES string of the molecule is CCN1C/C(=C\c2cccc(OC)c2OC(F)F)c2nc3ccccc3c(C(=O)O)c2C1. The predicted octanol–water partition coefficient (Wildman–Crippen LogP) is 4.92. The average molecular weight is 440 g/mol. The first-order valence-electron chi connectivity index (χ1n) is 10.1. The number of likely N-dealkylation sites (N-methyl/N-ethyl adjacent to an activating group) is 1. The molecule has 2 heterocycles. The summed E-state index contributed by atoms with van der Waals surface area (Å²) < 4.78 is 36.1. The zero-order valence-electron chi connectivity index (χ0n) is 17.6. The van der Waals surface area contributed by atoms with Crippen LogP contribution < -0.4 is 9.47 Å². The van der Waals surface area contributed by atoms with Crippen LogP contribution in [0.1, 0.15) is 34.1 Å². The van der Waals surface area contributed by atoms with Gasteiger partial charge in [-0.1, -0.05) is 37.3 Å². The minimum absolute atomic E-state index is 0.0769. The first-order valence-corrected chi connectivity index (χ1v) is 10.1. The summed E-state index contributed by atoms with van der Waals surface area (Å²) in [5.41, 5.74) is 3.05. The second-order valence-electron chi connectivity index (χ2n) is 7.37. The van der Waals surface area contributed by atoms with Crippen molar-refractivity contribution in [3.05, 3.63) is 64.8 Å². The molecular formula is C24H22F2N2O4. The summed E-state index contributed by atoms with van der Waals surface area (Å²) >= 11 is 0. The molecule has 0 saturated carbocycles. The lowest BCUT2D eigenvalue weighted by Crippen LogP contribution is -2.31. The van der Waals surface area contributed by atoms with Crippen molar-refractivity contribution in [2.24, 2.45) is 0 Å². The van der Waals surface area contributed by atoms with Gasteiger partial charge in [-0.25, -0.2) is 9.78 Å². The van der Waals surface area contributed by atoms with Crippen LogP contribution in [0.4, 0.5) is 8.78 Å². The molecule has 8 heteroatoms. The Morgan fingerprint density at radius 2 is 2.00 bits per heavy atom. The van der Waals surface area contributed by atoms with Gasteiger partial charge in [0.1, 0.15) is 0 Å². The summed E-state index contributed by atoms with van der Waals surface area (Å²) in [4.78, 5) is 19.1. The van der Waals surface area contributed by atoms with Crippen LogP contribution in [0.15, 0.2) is 42.5 Å². The van der Waals surface area contributed by atoms with Crippen molar-refractivity contribution < 1.29 is 28.2 Å². The molecule has 0 bridgehead atoms. The number of alkyl halides is 2. The van der Waals surface area contributed by atoms with E-state index in [9.17, 15) is 18.7 Å². The van der Waals surface area contributed by atoms with Crippen molar-refractivity contribution >= 4 is 28.5 Å². The number of pyridine rings is 1. The van der Waals surface area contributed by atoms with Crippen molar-refractivity contribution in [2.45, 2.75) is 20.1 Å². The maximum atomic E-state index is 13.1. The van der Waals surface area contributed by atoms with E-state index in [-0.39, 0.29) is 17.1 Å². The van der Waals surface area contributed by atoms with Crippen LogP contribution in [-0.4, -0.2) is 47.8 Å². The second kappa shape index (κ2) is 8.92. The predicted molar refractivity (Wildman–Crippen MR) is 117 cm³/mol. The van der Waals surface area contributed by atoms with Gasteiger partial charge >= 0.3 is 12.6 Å². The third kappa shape index (κ3) is 4.01. The van der Waals surface area contributed by atoms with E-state index in [0.717, 1.165) is 0 Å². The van der Waals surface area contributed by atoms with E-state index in [2.05, 4.69) is 4.90 Å². The molecule has 3 aromatic rings. The molecule has 6 nitrogen and oxygen atoms in total. The molecule has 166 valence electrons. The Bertz CT molecular complexity index is 1210. The molecule has 2 aromatic carbocycles. The van der Waals surface area contributed by atoms with E-state index < -0.39 is 12.6 Å². The van der Waals surface area contributed by atoms with Gasteiger partial charge in [-0.3, -0.25) is 4.90 Å². The first-order chi connectivity index (χ1) is 15.4. The zero-order valence-corrected chi connectivity index (χ0v) is 17.6. The molecular weight excluding hydrogens is 418 g/mol. The van der Waals surface area contributed by atoms with Gasteiger partial charge in [0.25, 0.3) is 0 Å². The van der Waals surface area contributed by atoms with Gasteiger partial charge in [0.2, 0.25) is 0 Å². The molecule has 1 N–H and O–H groups in total. The molecule has 0 radical (unpaired) electrons. The number of carbonyl (C=O) groups is 1. The van der Waals surface area contributed by atoms with Gasteiger partial charge in [-0.05, 0) is 30.3 Å². The van der Waals surface area contributed by atoms with Gasteiger partial charge in [-0.2, -0.15) is 8.78 Å². The minimum atomic E-state index is -3.02. The summed E-state index contributed by atoms with van der Waals surface area (Å²) in [7, 11) is 1.38. The van der Waals surface area contributed by atoms with Crippen LogP contribution in [0.5, 0.6) is 11.5 Å². The monoisotopic (exact) mass is 440 g/mol. The molecule has 1 aliphatic rings. The fraction of sp³-hybridized carbons (Fsp3) is 0.250. The summed E-state index contributed by atoms with van der Waals surface area (Å²) in [5.74, 6) is -0.923. The molecule has 0 spiro atoms. The van der Waals surface area contributed by atoms with E-state index in [1.807, 2.05) is 6.92 Å². The standard InChI is InChI=1S/C24H22F2N2O4/c1-3-28-12-15(11-14-7-6-10-19(31-2)22(14)32-24(25)26)21-17(13-28)20(23(29)30)16-8-4-5-9-18(16)27-21/h4-11,24H,3,12-13H2,1-2H3,(H,29,30)/b15-11+. The van der Waals surface area contributed by atoms with E-state index in [1.165, 1.54) is 7.11 Å². The normalized spacial score (nSPS) is 15.2. The maximum absolute atomic E-state index is 13.1. The first kappa shape index (κ1) is 21.7. The Kier molecular flexibility index (Phi) is 6.05. The van der Waals surface area contributed by atoms with Crippen LogP contribution in [0.25, 0.3) is 22.6 Å². The van der Waals surface area contributed by atoms with E-state index in [0.29, 0.717) is 52.9 Å². The van der Waals surface area contributed by atoms with Gasteiger partial charge in [-0.15, -0.1) is 0 Å². The van der Waals surface area contributed by atoms with Gasteiger partial charge in [0.15, 0.2) is 11.5 Å². The van der Waals surface area contributed by atoms with Crippen LogP contribution in [-0.2, 0) is 6.54 Å². The summed E-state index contributed by atoms with van der Waals surface area (Å²) in [6.45, 7) is 0.561. The van der Waals surface area contributed by atoms with Crippen molar-refractivity contribution in [3.8, 4) is 11.5 Å². The lowest BCUT2D eigenvalue weighted by Gasteiger charge is -2.30. The summed E-state index contributed by atoms with van der Waals surface area (Å²) in [5, 5.41) is 10.6. The van der Waals surface area contributed by atoms with Crippen LogP contribution in [0.3, 0.4) is 0 Å². The minimum Gasteiger partial charge on any atom is -0.493 e. The fourth-order valence-electron chi connectivity index (χ4n) is 4.06. The van der Waals surface area contributed by atoms with Crippen molar-refractivity contribution in [3.63, 3.8) is 0 Å². The van der Waals surface area contributed by atoms with Crippen molar-refractivity contribution in [2.75, 3.05) is 20.2 Å². The third-order valence-electron chi connectivity index (χ3n) is 5.50. The number of hydrogen-bond donors (Lipinski definition) is 1. The maximum Gasteiger partial charge on any atom is 0.387 e. The molecule has 4 rings (SSSR count). The number of para-hydroxylation sites is 2.